The van der Waals surface area contributed by atoms with E-state index in [9.17, 15) is 5.11 Å². The van der Waals surface area contributed by atoms with Gasteiger partial charge in [-0.1, -0.05) is 76.5 Å². The molecule has 2 rings (SSSR count). The summed E-state index contributed by atoms with van der Waals surface area (Å²) < 4.78 is 0.184. The Bertz CT molecular complexity index is 974. The number of thioether (sulfide) groups is 1. The lowest BCUT2D eigenvalue weighted by atomic mass is 9.76. The maximum Gasteiger partial charge on any atom is 0.123 e. The molecule has 1 aliphatic rings. The topological polar surface area (TPSA) is 20.2 Å². The van der Waals surface area contributed by atoms with Gasteiger partial charge in [0.25, 0.3) is 0 Å². The van der Waals surface area contributed by atoms with Crippen LogP contribution in [0.5, 0.6) is 5.75 Å². The zero-order valence-electron chi connectivity index (χ0n) is 24.6. The van der Waals surface area contributed by atoms with Gasteiger partial charge < -0.3 is 5.11 Å². The molecule has 0 amide bonds. The molecule has 1 nitrogen and oxygen atoms in total. The van der Waals surface area contributed by atoms with Gasteiger partial charge >= 0.3 is 0 Å². The van der Waals surface area contributed by atoms with Crippen molar-refractivity contribution in [2.24, 2.45) is 0 Å². The Kier molecular flexibility index (Phi) is 10.0. The number of benzene rings is 1. The number of hydrogen-bond donors (Lipinski definition) is 1. The van der Waals surface area contributed by atoms with Crippen LogP contribution in [0, 0.1) is 0 Å². The minimum atomic E-state index is -0.0744. The molecule has 196 valence electrons. The Morgan fingerprint density at radius 3 is 1.94 bits per heavy atom. The maximum atomic E-state index is 11.3. The summed E-state index contributed by atoms with van der Waals surface area (Å²) in [5.41, 5.74) is 7.90. The lowest BCUT2D eigenvalue weighted by Crippen LogP contribution is -2.22. The van der Waals surface area contributed by atoms with Gasteiger partial charge in [0, 0.05) is 20.8 Å². The largest absolute Gasteiger partial charge is 0.507 e. The summed E-state index contributed by atoms with van der Waals surface area (Å²) in [4.78, 5) is 1.38. The highest BCUT2D eigenvalue weighted by molar-refractivity contribution is 8.01. The van der Waals surface area contributed by atoms with Crippen LogP contribution in [0.3, 0.4) is 0 Å². The van der Waals surface area contributed by atoms with Gasteiger partial charge in [-0.3, -0.25) is 0 Å². The van der Waals surface area contributed by atoms with Crippen molar-refractivity contribution in [2.75, 3.05) is 0 Å². The summed E-state index contributed by atoms with van der Waals surface area (Å²) >= 11 is 2.04. The second-order valence-electron chi connectivity index (χ2n) is 13.4. The van der Waals surface area contributed by atoms with E-state index in [1.165, 1.54) is 33.6 Å². The highest BCUT2D eigenvalue weighted by Gasteiger charge is 2.39. The fourth-order valence-electron chi connectivity index (χ4n) is 5.11. The van der Waals surface area contributed by atoms with E-state index in [0.717, 1.165) is 49.7 Å². The van der Waals surface area contributed by atoms with Crippen LogP contribution in [0.2, 0.25) is 0 Å². The van der Waals surface area contributed by atoms with Crippen molar-refractivity contribution in [1.29, 1.82) is 0 Å². The van der Waals surface area contributed by atoms with E-state index in [1.54, 1.807) is 0 Å². The second-order valence-corrected chi connectivity index (χ2v) is 15.0. The van der Waals surface area contributed by atoms with Crippen molar-refractivity contribution in [3.63, 3.8) is 0 Å². The zero-order valence-corrected chi connectivity index (χ0v) is 25.4. The molecule has 1 aromatic carbocycles. The summed E-state index contributed by atoms with van der Waals surface area (Å²) in [6.07, 6.45) is 15.2. The predicted molar refractivity (Wildman–Crippen MR) is 158 cm³/mol. The third-order valence-corrected chi connectivity index (χ3v) is 8.55. The molecule has 35 heavy (non-hydrogen) atoms. The normalized spacial score (nSPS) is 19.2. The van der Waals surface area contributed by atoms with E-state index in [1.807, 2.05) is 11.8 Å². The van der Waals surface area contributed by atoms with Crippen LogP contribution < -0.4 is 0 Å². The molecule has 0 aliphatic carbocycles. The molecule has 0 radical (unpaired) electrons. The summed E-state index contributed by atoms with van der Waals surface area (Å²) in [7, 11) is 0. The van der Waals surface area contributed by atoms with Crippen molar-refractivity contribution in [1.82, 2.24) is 0 Å². The van der Waals surface area contributed by atoms with Gasteiger partial charge in [0.15, 0.2) is 0 Å². The molecular formula is C33H52OS. The molecule has 1 N–H and O–H groups in total. The highest BCUT2D eigenvalue weighted by Crippen LogP contribution is 2.54. The first-order valence-electron chi connectivity index (χ1n) is 13.6. The fourth-order valence-corrected chi connectivity index (χ4v) is 6.55. The third-order valence-electron chi connectivity index (χ3n) is 7.12. The van der Waals surface area contributed by atoms with E-state index < -0.39 is 0 Å². The molecule has 0 saturated carbocycles. The maximum absolute atomic E-state index is 11.3. The van der Waals surface area contributed by atoms with Crippen LogP contribution in [0.1, 0.15) is 131 Å². The Labute approximate surface area is 221 Å². The number of fused-ring (bicyclic) bond motifs is 1. The number of hydrogen-bond acceptors (Lipinski definition) is 2. The van der Waals surface area contributed by atoms with E-state index >= 15 is 0 Å². The van der Waals surface area contributed by atoms with Crippen molar-refractivity contribution < 1.29 is 5.11 Å². The van der Waals surface area contributed by atoms with Crippen LogP contribution in [-0.2, 0) is 17.3 Å². The van der Waals surface area contributed by atoms with Gasteiger partial charge in [-0.05, 0) is 102 Å². The van der Waals surface area contributed by atoms with Gasteiger partial charge in [-0.15, -0.1) is 11.8 Å². The van der Waals surface area contributed by atoms with Gasteiger partial charge in [-0.2, -0.15) is 0 Å². The molecule has 1 aliphatic heterocycles. The summed E-state index contributed by atoms with van der Waals surface area (Å²) in [5, 5.41) is 11.3. The average Bonchev–Trinajstić information content (AvgIpc) is 3.00. The number of aromatic hydroxyl groups is 1. The van der Waals surface area contributed by atoms with E-state index in [2.05, 4.69) is 100 Å². The molecular weight excluding hydrogens is 444 g/mol. The lowest BCUT2D eigenvalue weighted by molar-refractivity contribution is 0.418. The second kappa shape index (κ2) is 11.8. The molecule has 1 atom stereocenters. The molecule has 1 heterocycles. The number of phenolic OH excluding ortho intramolecular Hbond substituents is 1. The third kappa shape index (κ3) is 8.59. The molecule has 0 fully saturated rings. The Balaban J connectivity index is 2.04. The highest BCUT2D eigenvalue weighted by atomic mass is 32.2. The van der Waals surface area contributed by atoms with E-state index in [0.29, 0.717) is 5.75 Å². The number of phenols is 1. The smallest absolute Gasteiger partial charge is 0.123 e. The average molecular weight is 497 g/mol. The number of rotatable bonds is 9. The van der Waals surface area contributed by atoms with Crippen molar-refractivity contribution in [3.05, 3.63) is 57.7 Å². The zero-order chi connectivity index (χ0) is 26.6. The SMILES string of the molecule is CC(C)=CCCC(C)=CCCC(C)=CCCC1(C)Cc2c(cc(C(C)(C)C)c(O)c2C(C)(C)C)S1. The molecule has 0 aromatic heterocycles. The van der Waals surface area contributed by atoms with E-state index in [4.69, 9.17) is 0 Å². The molecule has 0 bridgehead atoms. The Hall–Kier alpha value is -1.41. The molecule has 1 unspecified atom stereocenters. The van der Waals surface area contributed by atoms with Crippen LogP contribution in [0.4, 0.5) is 0 Å². The Morgan fingerprint density at radius 1 is 0.886 bits per heavy atom. The molecule has 0 spiro atoms. The minimum absolute atomic E-state index is 0.0725. The summed E-state index contributed by atoms with van der Waals surface area (Å²) in [6.45, 7) is 24.6. The van der Waals surface area contributed by atoms with Crippen LogP contribution in [0.25, 0.3) is 0 Å². The van der Waals surface area contributed by atoms with Crippen molar-refractivity contribution >= 4 is 11.8 Å². The van der Waals surface area contributed by atoms with Crippen molar-refractivity contribution in [2.45, 2.75) is 142 Å². The number of allylic oxidation sites excluding steroid dienone is 6. The first-order chi connectivity index (χ1) is 16.0. The first kappa shape index (κ1) is 29.8. The van der Waals surface area contributed by atoms with Gasteiger partial charge in [0.2, 0.25) is 0 Å². The molecule has 2 heteroatoms. The molecule has 1 aromatic rings. The monoisotopic (exact) mass is 496 g/mol. The van der Waals surface area contributed by atoms with Crippen molar-refractivity contribution in [3.8, 4) is 5.75 Å². The van der Waals surface area contributed by atoms with Crippen LogP contribution in [0.15, 0.2) is 45.9 Å². The standard InChI is InChI=1S/C33H52OS/c1-23(2)15-12-16-24(3)17-13-18-25(4)19-14-20-33(11)22-26-28(35-33)21-27(31(5,6)7)30(34)29(26)32(8,9)10/h15,17,19,21,34H,12-14,16,18,20,22H2,1-11H3. The van der Waals surface area contributed by atoms with Crippen LogP contribution >= 0.6 is 11.8 Å². The van der Waals surface area contributed by atoms with Gasteiger partial charge in [-0.25, -0.2) is 0 Å². The Morgan fingerprint density at radius 2 is 1.43 bits per heavy atom. The summed E-state index contributed by atoms with van der Waals surface area (Å²) in [6, 6.07) is 2.28. The lowest BCUT2D eigenvalue weighted by Gasteiger charge is -2.29. The van der Waals surface area contributed by atoms with Gasteiger partial charge in [0.1, 0.15) is 5.75 Å². The van der Waals surface area contributed by atoms with E-state index in [-0.39, 0.29) is 15.6 Å². The van der Waals surface area contributed by atoms with Crippen LogP contribution in [-0.4, -0.2) is 9.85 Å². The quantitative estimate of drug-likeness (QED) is 0.343. The predicted octanol–water partition coefficient (Wildman–Crippen LogP) is 10.6. The van der Waals surface area contributed by atoms with Gasteiger partial charge in [0.05, 0.1) is 0 Å². The first-order valence-corrected chi connectivity index (χ1v) is 14.4. The minimum Gasteiger partial charge on any atom is -0.507 e. The molecule has 0 saturated heterocycles. The fraction of sp³-hybridized carbons (Fsp3) is 0.636. The summed E-state index contributed by atoms with van der Waals surface area (Å²) in [5.74, 6) is 0.522.